The summed E-state index contributed by atoms with van der Waals surface area (Å²) in [6, 6.07) is 7.92. The van der Waals surface area contributed by atoms with Crippen LogP contribution in [0.3, 0.4) is 0 Å². The van der Waals surface area contributed by atoms with E-state index in [1.165, 1.54) is 0 Å². The molecule has 2 heterocycles. The van der Waals surface area contributed by atoms with Crippen LogP contribution in [0.1, 0.15) is 38.7 Å². The largest absolute Gasteiger partial charge is 0.396 e. The molecule has 1 aromatic rings. The topological polar surface area (TPSA) is 60.9 Å². The van der Waals surface area contributed by atoms with Crippen LogP contribution in [0, 0.1) is 11.3 Å². The van der Waals surface area contributed by atoms with Gasteiger partial charge in [0.2, 0.25) is 11.8 Å². The van der Waals surface area contributed by atoms with Crippen LogP contribution in [0.2, 0.25) is 0 Å². The summed E-state index contributed by atoms with van der Waals surface area (Å²) in [5.74, 6) is -0.191. The van der Waals surface area contributed by atoms with Gasteiger partial charge in [-0.3, -0.25) is 9.59 Å². The van der Waals surface area contributed by atoms with E-state index >= 15 is 0 Å². The number of nitrogens with zero attached hydrogens (tertiary/aromatic N) is 2. The van der Waals surface area contributed by atoms with Gasteiger partial charge in [0.1, 0.15) is 0 Å². The minimum atomic E-state index is -0.279. The molecule has 2 saturated heterocycles. The SMILES string of the molecule is CCc1ccccc1N1CC(C(=O)N2CCCC(C)(CO)C2)CC1=O. The van der Waals surface area contributed by atoms with Crippen LogP contribution < -0.4 is 4.90 Å². The first kappa shape index (κ1) is 17.9. The van der Waals surface area contributed by atoms with Gasteiger partial charge >= 0.3 is 0 Å². The maximum Gasteiger partial charge on any atom is 0.228 e. The summed E-state index contributed by atoms with van der Waals surface area (Å²) in [4.78, 5) is 29.1. The quantitative estimate of drug-likeness (QED) is 0.911. The normalized spacial score (nSPS) is 27.0. The van der Waals surface area contributed by atoms with Crippen molar-refractivity contribution in [1.29, 1.82) is 0 Å². The first-order valence-electron chi connectivity index (χ1n) is 9.25. The second-order valence-electron chi connectivity index (χ2n) is 7.72. The third-order valence-electron chi connectivity index (χ3n) is 5.61. The van der Waals surface area contributed by atoms with Gasteiger partial charge in [-0.15, -0.1) is 0 Å². The van der Waals surface area contributed by atoms with Gasteiger partial charge in [0.05, 0.1) is 12.5 Å². The lowest BCUT2D eigenvalue weighted by atomic mass is 9.82. The second-order valence-corrected chi connectivity index (χ2v) is 7.72. The minimum absolute atomic E-state index is 0.0289. The molecule has 5 nitrogen and oxygen atoms in total. The van der Waals surface area contributed by atoms with Gasteiger partial charge in [0.15, 0.2) is 0 Å². The van der Waals surface area contributed by atoms with Crippen molar-refractivity contribution in [3.8, 4) is 0 Å². The lowest BCUT2D eigenvalue weighted by molar-refractivity contribution is -0.139. The van der Waals surface area contributed by atoms with E-state index in [0.29, 0.717) is 13.1 Å². The molecule has 2 fully saturated rings. The van der Waals surface area contributed by atoms with E-state index in [0.717, 1.165) is 37.1 Å². The number of likely N-dealkylation sites (tertiary alicyclic amines) is 1. The summed E-state index contributed by atoms with van der Waals surface area (Å²) in [5, 5.41) is 9.61. The van der Waals surface area contributed by atoms with Gasteiger partial charge in [-0.1, -0.05) is 32.0 Å². The molecular weight excluding hydrogens is 316 g/mol. The van der Waals surface area contributed by atoms with Crippen LogP contribution in [0.5, 0.6) is 0 Å². The van der Waals surface area contributed by atoms with Crippen molar-refractivity contribution in [2.45, 2.75) is 39.5 Å². The van der Waals surface area contributed by atoms with Crippen molar-refractivity contribution in [1.82, 2.24) is 4.90 Å². The molecule has 2 amide bonds. The van der Waals surface area contributed by atoms with Gasteiger partial charge in [0.25, 0.3) is 0 Å². The van der Waals surface area contributed by atoms with E-state index in [1.807, 2.05) is 36.1 Å². The van der Waals surface area contributed by atoms with Crippen molar-refractivity contribution in [2.75, 3.05) is 31.1 Å². The Balaban J connectivity index is 1.73. The number of anilines is 1. The summed E-state index contributed by atoms with van der Waals surface area (Å²) in [6.45, 7) is 5.96. The Hall–Kier alpha value is -1.88. The molecule has 1 N–H and O–H groups in total. The Morgan fingerprint density at radius 3 is 2.84 bits per heavy atom. The monoisotopic (exact) mass is 344 g/mol. The van der Waals surface area contributed by atoms with Crippen LogP contribution in [-0.4, -0.2) is 48.1 Å². The Kier molecular flexibility index (Phi) is 5.13. The van der Waals surface area contributed by atoms with Gasteiger partial charge < -0.3 is 14.9 Å². The third-order valence-corrected chi connectivity index (χ3v) is 5.61. The average molecular weight is 344 g/mol. The summed E-state index contributed by atoms with van der Waals surface area (Å²) in [6.07, 6.45) is 2.99. The van der Waals surface area contributed by atoms with Crippen molar-refractivity contribution >= 4 is 17.5 Å². The van der Waals surface area contributed by atoms with Gasteiger partial charge in [0, 0.05) is 37.2 Å². The van der Waals surface area contributed by atoms with Crippen LogP contribution in [-0.2, 0) is 16.0 Å². The second kappa shape index (κ2) is 7.16. The minimum Gasteiger partial charge on any atom is -0.396 e. The fourth-order valence-electron chi connectivity index (χ4n) is 4.07. The summed E-state index contributed by atoms with van der Waals surface area (Å²) < 4.78 is 0. The number of rotatable bonds is 4. The molecule has 1 aromatic carbocycles. The van der Waals surface area contributed by atoms with Crippen LogP contribution in [0.4, 0.5) is 5.69 Å². The Morgan fingerprint density at radius 2 is 2.12 bits per heavy atom. The Labute approximate surface area is 149 Å². The molecular formula is C20H28N2O3. The zero-order valence-corrected chi connectivity index (χ0v) is 15.2. The lowest BCUT2D eigenvalue weighted by Gasteiger charge is -2.40. The fraction of sp³-hybridized carbons (Fsp3) is 0.600. The number of hydrogen-bond acceptors (Lipinski definition) is 3. The number of aryl methyl sites for hydroxylation is 1. The van der Waals surface area contributed by atoms with E-state index in [4.69, 9.17) is 0 Å². The highest BCUT2D eigenvalue weighted by molar-refractivity contribution is 6.00. The molecule has 0 bridgehead atoms. The molecule has 2 aliphatic heterocycles. The van der Waals surface area contributed by atoms with E-state index in [9.17, 15) is 14.7 Å². The maximum absolute atomic E-state index is 12.9. The number of piperidine rings is 1. The van der Waals surface area contributed by atoms with E-state index < -0.39 is 0 Å². The average Bonchev–Trinajstić information content (AvgIpc) is 3.02. The first-order valence-corrected chi connectivity index (χ1v) is 9.25. The molecule has 5 heteroatoms. The fourth-order valence-corrected chi connectivity index (χ4v) is 4.07. The van der Waals surface area contributed by atoms with Gasteiger partial charge in [-0.05, 0) is 30.9 Å². The van der Waals surface area contributed by atoms with Crippen molar-refractivity contribution in [2.24, 2.45) is 11.3 Å². The molecule has 25 heavy (non-hydrogen) atoms. The smallest absolute Gasteiger partial charge is 0.228 e. The Morgan fingerprint density at radius 1 is 1.36 bits per heavy atom. The number of benzene rings is 1. The molecule has 0 spiro atoms. The standard InChI is InChI=1S/C20H28N2O3/c1-3-15-7-4-5-8-17(15)22-12-16(11-18(22)24)19(25)21-10-6-9-20(2,13-21)14-23/h4-5,7-8,16,23H,3,6,9-14H2,1-2H3. The first-order chi connectivity index (χ1) is 12.0. The molecule has 0 aromatic heterocycles. The molecule has 2 atom stereocenters. The predicted molar refractivity (Wildman–Crippen MR) is 97.3 cm³/mol. The molecule has 3 rings (SSSR count). The van der Waals surface area contributed by atoms with Gasteiger partial charge in [-0.2, -0.15) is 0 Å². The lowest BCUT2D eigenvalue weighted by Crippen LogP contribution is -2.48. The maximum atomic E-state index is 12.9. The Bertz CT molecular complexity index is 660. The van der Waals surface area contributed by atoms with Crippen LogP contribution in [0.15, 0.2) is 24.3 Å². The van der Waals surface area contributed by atoms with E-state index in [1.54, 1.807) is 4.90 Å². The highest BCUT2D eigenvalue weighted by atomic mass is 16.3. The number of amides is 2. The highest BCUT2D eigenvalue weighted by Gasteiger charge is 2.40. The zero-order valence-electron chi connectivity index (χ0n) is 15.2. The highest BCUT2D eigenvalue weighted by Crippen LogP contribution is 2.33. The summed E-state index contributed by atoms with van der Waals surface area (Å²) >= 11 is 0. The summed E-state index contributed by atoms with van der Waals surface area (Å²) in [7, 11) is 0. The van der Waals surface area contributed by atoms with Gasteiger partial charge in [-0.25, -0.2) is 0 Å². The number of para-hydroxylation sites is 1. The third kappa shape index (κ3) is 3.56. The van der Waals surface area contributed by atoms with Crippen molar-refractivity contribution in [3.05, 3.63) is 29.8 Å². The number of carbonyl (C=O) groups is 2. The van der Waals surface area contributed by atoms with E-state index in [-0.39, 0.29) is 36.2 Å². The molecule has 0 saturated carbocycles. The number of aliphatic hydroxyl groups excluding tert-OH is 1. The van der Waals surface area contributed by atoms with Crippen molar-refractivity contribution < 1.29 is 14.7 Å². The molecule has 136 valence electrons. The molecule has 2 unspecified atom stereocenters. The van der Waals surface area contributed by atoms with E-state index in [2.05, 4.69) is 6.92 Å². The zero-order chi connectivity index (χ0) is 18.0. The molecule has 0 aliphatic carbocycles. The number of aliphatic hydroxyl groups is 1. The predicted octanol–water partition coefficient (Wildman–Crippen LogP) is 2.22. The van der Waals surface area contributed by atoms with Crippen molar-refractivity contribution in [3.63, 3.8) is 0 Å². The van der Waals surface area contributed by atoms with Crippen LogP contribution in [0.25, 0.3) is 0 Å². The molecule has 2 aliphatic rings. The van der Waals surface area contributed by atoms with Crippen LogP contribution >= 0.6 is 0 Å². The number of hydrogen-bond donors (Lipinski definition) is 1. The molecule has 0 radical (unpaired) electrons. The summed E-state index contributed by atoms with van der Waals surface area (Å²) in [5.41, 5.74) is 1.85. The number of carbonyl (C=O) groups excluding carboxylic acids is 2.